The highest BCUT2D eigenvalue weighted by Gasteiger charge is 2.49. The van der Waals surface area contributed by atoms with Crippen LogP contribution in [0.3, 0.4) is 0 Å². The van der Waals surface area contributed by atoms with Crippen molar-refractivity contribution in [2.45, 2.75) is 50.2 Å². The van der Waals surface area contributed by atoms with Crippen molar-refractivity contribution in [1.82, 2.24) is 4.90 Å². The van der Waals surface area contributed by atoms with Crippen molar-refractivity contribution in [2.24, 2.45) is 0 Å². The summed E-state index contributed by atoms with van der Waals surface area (Å²) in [5, 5.41) is 9.61. The molecule has 0 spiro atoms. The molecule has 1 aromatic rings. The molecule has 1 amide bonds. The fourth-order valence-corrected chi connectivity index (χ4v) is 3.20. The molecule has 4 nitrogen and oxygen atoms in total. The van der Waals surface area contributed by atoms with E-state index in [0.717, 1.165) is 12.0 Å². The Morgan fingerprint density at radius 3 is 2.85 bits per heavy atom. The van der Waals surface area contributed by atoms with E-state index in [2.05, 4.69) is 0 Å². The van der Waals surface area contributed by atoms with Gasteiger partial charge >= 0.3 is 6.09 Å². The SMILES string of the molecule is O=C(OCc1ccccc1)N1C2CCC1C(F)C(O)C2. The number of ether oxygens (including phenoxy) is 1. The molecule has 108 valence electrons. The van der Waals surface area contributed by atoms with Crippen molar-refractivity contribution in [3.63, 3.8) is 0 Å². The number of hydrogen-bond donors (Lipinski definition) is 1. The van der Waals surface area contributed by atoms with E-state index in [1.54, 1.807) is 0 Å². The van der Waals surface area contributed by atoms with Crippen LogP contribution in [0.4, 0.5) is 9.18 Å². The van der Waals surface area contributed by atoms with Gasteiger partial charge in [-0.2, -0.15) is 0 Å². The molecule has 0 aliphatic carbocycles. The lowest BCUT2D eigenvalue weighted by atomic mass is 9.98. The Balaban J connectivity index is 1.63. The van der Waals surface area contributed by atoms with Crippen LogP contribution < -0.4 is 0 Å². The lowest BCUT2D eigenvalue weighted by molar-refractivity contribution is -0.0336. The molecule has 0 saturated carbocycles. The number of benzene rings is 1. The molecule has 2 fully saturated rings. The average Bonchev–Trinajstić information content (AvgIpc) is 2.82. The van der Waals surface area contributed by atoms with Crippen LogP contribution in [0.1, 0.15) is 24.8 Å². The molecular weight excluding hydrogens is 261 g/mol. The molecule has 0 radical (unpaired) electrons. The minimum absolute atomic E-state index is 0.0923. The second kappa shape index (κ2) is 5.40. The Bertz CT molecular complexity index is 481. The van der Waals surface area contributed by atoms with Gasteiger partial charge in [0.05, 0.1) is 12.1 Å². The largest absolute Gasteiger partial charge is 0.445 e. The maximum absolute atomic E-state index is 13.9. The Kier molecular flexibility index (Phi) is 3.61. The van der Waals surface area contributed by atoms with Gasteiger partial charge in [-0.15, -0.1) is 0 Å². The van der Waals surface area contributed by atoms with Crippen molar-refractivity contribution < 1.29 is 19.0 Å². The topological polar surface area (TPSA) is 49.8 Å². The third kappa shape index (κ3) is 2.38. The number of aliphatic hydroxyl groups is 1. The van der Waals surface area contributed by atoms with Gasteiger partial charge < -0.3 is 9.84 Å². The summed E-state index contributed by atoms with van der Waals surface area (Å²) in [6.45, 7) is 0.190. The Hall–Kier alpha value is -1.62. The highest BCUT2D eigenvalue weighted by molar-refractivity contribution is 5.69. The first-order valence-electron chi connectivity index (χ1n) is 6.98. The molecular formula is C15H18FNO3. The Morgan fingerprint density at radius 1 is 1.35 bits per heavy atom. The number of alkyl halides is 1. The van der Waals surface area contributed by atoms with Gasteiger partial charge in [0, 0.05) is 6.04 Å². The average molecular weight is 279 g/mol. The zero-order valence-corrected chi connectivity index (χ0v) is 11.1. The first-order chi connectivity index (χ1) is 9.66. The molecule has 2 aliphatic rings. The van der Waals surface area contributed by atoms with Crippen LogP contribution in [0.5, 0.6) is 0 Å². The third-order valence-corrected chi connectivity index (χ3v) is 4.21. The van der Waals surface area contributed by atoms with Crippen molar-refractivity contribution in [3.8, 4) is 0 Å². The van der Waals surface area contributed by atoms with E-state index in [0.29, 0.717) is 12.8 Å². The summed E-state index contributed by atoms with van der Waals surface area (Å²) >= 11 is 0. The number of halogens is 1. The molecule has 1 aromatic carbocycles. The molecule has 4 unspecified atom stereocenters. The van der Waals surface area contributed by atoms with E-state index in [-0.39, 0.29) is 12.6 Å². The number of piperidine rings is 1. The number of aliphatic hydroxyl groups excluding tert-OH is 1. The quantitative estimate of drug-likeness (QED) is 0.903. The number of rotatable bonds is 2. The molecule has 3 rings (SSSR count). The predicted octanol–water partition coefficient (Wildman–Crippen LogP) is 2.26. The Labute approximate surface area is 117 Å². The van der Waals surface area contributed by atoms with Crippen LogP contribution >= 0.6 is 0 Å². The van der Waals surface area contributed by atoms with Crippen LogP contribution in [0.25, 0.3) is 0 Å². The molecule has 5 heteroatoms. The van der Waals surface area contributed by atoms with Gasteiger partial charge in [-0.1, -0.05) is 30.3 Å². The second-order valence-corrected chi connectivity index (χ2v) is 5.49. The first-order valence-corrected chi connectivity index (χ1v) is 6.98. The number of hydrogen-bond acceptors (Lipinski definition) is 3. The van der Waals surface area contributed by atoms with Crippen LogP contribution in [0.2, 0.25) is 0 Å². The third-order valence-electron chi connectivity index (χ3n) is 4.21. The summed E-state index contributed by atoms with van der Waals surface area (Å²) in [5.74, 6) is 0. The molecule has 1 N–H and O–H groups in total. The van der Waals surface area contributed by atoms with Crippen LogP contribution in [0.15, 0.2) is 30.3 Å². The van der Waals surface area contributed by atoms with Crippen molar-refractivity contribution >= 4 is 6.09 Å². The van der Waals surface area contributed by atoms with Gasteiger partial charge in [-0.3, -0.25) is 4.90 Å². The summed E-state index contributed by atoms with van der Waals surface area (Å²) < 4.78 is 19.2. The normalized spacial score (nSPS) is 32.2. The standard InChI is InChI=1S/C15H18FNO3/c16-14-12-7-6-11(8-13(14)18)17(12)15(19)20-9-10-4-2-1-3-5-10/h1-5,11-14,18H,6-9H2. The molecule has 0 aromatic heterocycles. The predicted molar refractivity (Wildman–Crippen MR) is 70.8 cm³/mol. The van der Waals surface area contributed by atoms with Crippen molar-refractivity contribution in [3.05, 3.63) is 35.9 Å². The van der Waals surface area contributed by atoms with Crippen molar-refractivity contribution in [2.75, 3.05) is 0 Å². The van der Waals surface area contributed by atoms with Gasteiger partial charge in [0.15, 0.2) is 0 Å². The lowest BCUT2D eigenvalue weighted by Gasteiger charge is -2.38. The molecule has 2 saturated heterocycles. The molecule has 4 atom stereocenters. The van der Waals surface area contributed by atoms with Gasteiger partial charge in [0.2, 0.25) is 0 Å². The van der Waals surface area contributed by atoms with E-state index in [4.69, 9.17) is 4.74 Å². The minimum Gasteiger partial charge on any atom is -0.445 e. The second-order valence-electron chi connectivity index (χ2n) is 5.49. The van der Waals surface area contributed by atoms with E-state index < -0.39 is 24.4 Å². The van der Waals surface area contributed by atoms with Gasteiger partial charge in [-0.25, -0.2) is 9.18 Å². The summed E-state index contributed by atoms with van der Waals surface area (Å²) in [7, 11) is 0. The molecule has 2 heterocycles. The minimum atomic E-state index is -1.36. The number of nitrogens with zero attached hydrogens (tertiary/aromatic N) is 1. The van der Waals surface area contributed by atoms with E-state index in [1.807, 2.05) is 30.3 Å². The van der Waals surface area contributed by atoms with Gasteiger partial charge in [0.1, 0.15) is 12.8 Å². The summed E-state index contributed by atoms with van der Waals surface area (Å²) in [6, 6.07) is 8.77. The van der Waals surface area contributed by atoms with Crippen LogP contribution in [-0.2, 0) is 11.3 Å². The Morgan fingerprint density at radius 2 is 2.10 bits per heavy atom. The first kappa shape index (κ1) is 13.4. The smallest absolute Gasteiger partial charge is 0.410 e. The summed E-state index contributed by atoms with van der Waals surface area (Å²) in [6.07, 6.45) is -1.15. The molecule has 2 bridgehead atoms. The van der Waals surface area contributed by atoms with E-state index in [9.17, 15) is 14.3 Å². The number of fused-ring (bicyclic) bond motifs is 2. The molecule has 20 heavy (non-hydrogen) atoms. The van der Waals surface area contributed by atoms with Crippen LogP contribution in [0, 0.1) is 0 Å². The highest BCUT2D eigenvalue weighted by Crippen LogP contribution is 2.37. The highest BCUT2D eigenvalue weighted by atomic mass is 19.1. The van der Waals surface area contributed by atoms with E-state index in [1.165, 1.54) is 4.90 Å². The summed E-state index contributed by atoms with van der Waals surface area (Å²) in [5.41, 5.74) is 0.905. The zero-order valence-electron chi connectivity index (χ0n) is 11.1. The summed E-state index contributed by atoms with van der Waals surface area (Å²) in [4.78, 5) is 13.6. The number of carbonyl (C=O) groups excluding carboxylic acids is 1. The van der Waals surface area contributed by atoms with Gasteiger partial charge in [-0.05, 0) is 24.8 Å². The van der Waals surface area contributed by atoms with Crippen molar-refractivity contribution in [1.29, 1.82) is 0 Å². The fourth-order valence-electron chi connectivity index (χ4n) is 3.20. The maximum atomic E-state index is 13.9. The lowest BCUT2D eigenvalue weighted by Crippen LogP contribution is -2.54. The fraction of sp³-hybridized carbons (Fsp3) is 0.533. The monoisotopic (exact) mass is 279 g/mol. The van der Waals surface area contributed by atoms with E-state index >= 15 is 0 Å². The zero-order chi connectivity index (χ0) is 14.1. The maximum Gasteiger partial charge on any atom is 0.410 e. The number of amides is 1. The van der Waals surface area contributed by atoms with Crippen LogP contribution in [-0.4, -0.2) is 40.5 Å². The molecule has 2 aliphatic heterocycles. The van der Waals surface area contributed by atoms with Gasteiger partial charge in [0.25, 0.3) is 0 Å². The number of carbonyl (C=O) groups is 1.